The van der Waals surface area contributed by atoms with Gasteiger partial charge in [-0.15, -0.1) is 23.4 Å². The summed E-state index contributed by atoms with van der Waals surface area (Å²) in [6.45, 7) is 2.04. The fraction of sp³-hybridized carbons (Fsp3) is 0.364. The molecule has 1 rings (SSSR count). The second-order valence-electron chi connectivity index (χ2n) is 3.32. The largest absolute Gasteiger partial charge is 0.207 e. The van der Waals surface area contributed by atoms with Crippen molar-refractivity contribution in [1.82, 2.24) is 0 Å². The van der Waals surface area contributed by atoms with Gasteiger partial charge in [-0.25, -0.2) is 4.39 Å². The Morgan fingerprint density at radius 1 is 1.60 bits per heavy atom. The molecule has 0 aliphatic heterocycles. The highest BCUT2D eigenvalue weighted by Gasteiger charge is 2.06. The maximum absolute atomic E-state index is 12.8. The van der Waals surface area contributed by atoms with Gasteiger partial charge < -0.3 is 0 Å². The van der Waals surface area contributed by atoms with Crippen LogP contribution in [0.25, 0.3) is 0 Å². The fourth-order valence-electron chi connectivity index (χ4n) is 0.992. The van der Waals surface area contributed by atoms with Crippen LogP contribution in [0.3, 0.4) is 0 Å². The average Bonchev–Trinajstić information content (AvgIpc) is 2.26. The lowest BCUT2D eigenvalue weighted by atomic mass is 10.2. The first kappa shape index (κ1) is 12.4. The van der Waals surface area contributed by atoms with Crippen LogP contribution in [0.5, 0.6) is 0 Å². The Morgan fingerprint density at radius 3 is 2.93 bits per heavy atom. The van der Waals surface area contributed by atoms with E-state index in [1.807, 2.05) is 13.0 Å². The van der Waals surface area contributed by atoms with E-state index in [0.29, 0.717) is 17.4 Å². The molecule has 0 aliphatic carbocycles. The van der Waals surface area contributed by atoms with E-state index >= 15 is 0 Å². The van der Waals surface area contributed by atoms with E-state index in [1.54, 1.807) is 6.07 Å². The molecule has 80 valence electrons. The molecule has 0 radical (unpaired) electrons. The first-order valence-electron chi connectivity index (χ1n) is 4.55. The number of hydrogen-bond donors (Lipinski definition) is 0. The van der Waals surface area contributed by atoms with Gasteiger partial charge in [0.05, 0.1) is 5.56 Å². The standard InChI is InChI=1S/C11H11ClFNS/c1-8(5-12)7-15-11-3-2-10(13)4-9(11)6-14/h2-4,8H,5,7H2,1H3. The molecule has 0 N–H and O–H groups in total. The van der Waals surface area contributed by atoms with Crippen LogP contribution in [0.15, 0.2) is 23.1 Å². The molecule has 15 heavy (non-hydrogen) atoms. The Kier molecular flexibility index (Phi) is 4.93. The van der Waals surface area contributed by atoms with E-state index in [9.17, 15) is 4.39 Å². The number of rotatable bonds is 4. The summed E-state index contributed by atoms with van der Waals surface area (Å²) in [6.07, 6.45) is 0. The zero-order valence-electron chi connectivity index (χ0n) is 8.34. The van der Waals surface area contributed by atoms with E-state index < -0.39 is 0 Å². The second kappa shape index (κ2) is 5.99. The van der Waals surface area contributed by atoms with Gasteiger partial charge in [0.2, 0.25) is 0 Å². The summed E-state index contributed by atoms with van der Waals surface area (Å²) in [5.41, 5.74) is 0.391. The molecule has 1 aromatic carbocycles. The zero-order valence-corrected chi connectivity index (χ0v) is 9.91. The summed E-state index contributed by atoms with van der Waals surface area (Å²) in [7, 11) is 0. The normalized spacial score (nSPS) is 12.1. The van der Waals surface area contributed by atoms with Crippen molar-refractivity contribution >= 4 is 23.4 Å². The van der Waals surface area contributed by atoms with Crippen LogP contribution in [-0.2, 0) is 0 Å². The predicted octanol–water partition coefficient (Wildman–Crippen LogP) is 3.66. The lowest BCUT2D eigenvalue weighted by molar-refractivity contribution is 0.626. The van der Waals surface area contributed by atoms with Crippen molar-refractivity contribution in [2.45, 2.75) is 11.8 Å². The molecule has 0 heterocycles. The highest BCUT2D eigenvalue weighted by molar-refractivity contribution is 7.99. The van der Waals surface area contributed by atoms with Gasteiger partial charge in [0.25, 0.3) is 0 Å². The Labute approximate surface area is 98.2 Å². The van der Waals surface area contributed by atoms with Gasteiger partial charge in [-0.3, -0.25) is 0 Å². The molecular formula is C11H11ClFNS. The van der Waals surface area contributed by atoms with Crippen LogP contribution in [0.2, 0.25) is 0 Å². The highest BCUT2D eigenvalue weighted by Crippen LogP contribution is 2.25. The summed E-state index contributed by atoms with van der Waals surface area (Å²) in [5.74, 6) is 1.44. The number of benzene rings is 1. The van der Waals surface area contributed by atoms with Crippen molar-refractivity contribution in [3.05, 3.63) is 29.6 Å². The van der Waals surface area contributed by atoms with Gasteiger partial charge in [-0.2, -0.15) is 5.26 Å². The first-order chi connectivity index (χ1) is 7.17. The molecule has 4 heteroatoms. The first-order valence-corrected chi connectivity index (χ1v) is 6.07. The van der Waals surface area contributed by atoms with Crippen LogP contribution in [0.4, 0.5) is 4.39 Å². The Balaban J connectivity index is 2.73. The smallest absolute Gasteiger partial charge is 0.124 e. The van der Waals surface area contributed by atoms with Gasteiger partial charge in [0.1, 0.15) is 11.9 Å². The molecule has 0 saturated carbocycles. The molecular weight excluding hydrogens is 233 g/mol. The Hall–Kier alpha value is -0.720. The molecule has 0 saturated heterocycles. The Bertz CT molecular complexity index is 375. The van der Waals surface area contributed by atoms with Crippen molar-refractivity contribution in [1.29, 1.82) is 5.26 Å². The van der Waals surface area contributed by atoms with Gasteiger partial charge >= 0.3 is 0 Å². The number of thioether (sulfide) groups is 1. The van der Waals surface area contributed by atoms with E-state index in [-0.39, 0.29) is 5.82 Å². The molecule has 1 unspecified atom stereocenters. The van der Waals surface area contributed by atoms with Crippen LogP contribution in [0, 0.1) is 23.1 Å². The fourth-order valence-corrected chi connectivity index (χ4v) is 2.24. The topological polar surface area (TPSA) is 23.8 Å². The van der Waals surface area contributed by atoms with E-state index in [1.165, 1.54) is 23.9 Å². The lowest BCUT2D eigenvalue weighted by Crippen LogP contribution is -1.99. The van der Waals surface area contributed by atoms with Gasteiger partial charge in [0.15, 0.2) is 0 Å². The second-order valence-corrected chi connectivity index (χ2v) is 4.69. The van der Waals surface area contributed by atoms with Gasteiger partial charge in [-0.05, 0) is 24.1 Å². The van der Waals surface area contributed by atoms with Crippen molar-refractivity contribution in [2.75, 3.05) is 11.6 Å². The number of halogens is 2. The minimum atomic E-state index is -0.374. The van der Waals surface area contributed by atoms with Crippen LogP contribution in [0.1, 0.15) is 12.5 Å². The zero-order chi connectivity index (χ0) is 11.3. The average molecular weight is 244 g/mol. The van der Waals surface area contributed by atoms with Crippen molar-refractivity contribution in [3.63, 3.8) is 0 Å². The summed E-state index contributed by atoms with van der Waals surface area (Å²) in [6, 6.07) is 6.25. The molecule has 1 nitrogen and oxygen atoms in total. The van der Waals surface area contributed by atoms with Crippen LogP contribution < -0.4 is 0 Å². The summed E-state index contributed by atoms with van der Waals surface area (Å²) >= 11 is 7.22. The molecule has 0 fully saturated rings. The Morgan fingerprint density at radius 2 is 2.33 bits per heavy atom. The SMILES string of the molecule is CC(CCl)CSc1ccc(F)cc1C#N. The minimum Gasteiger partial charge on any atom is -0.207 e. The molecule has 0 spiro atoms. The third-order valence-corrected chi connectivity index (χ3v) is 3.78. The molecule has 1 aromatic rings. The third kappa shape index (κ3) is 3.73. The molecule has 0 aromatic heterocycles. The summed E-state index contributed by atoms with van der Waals surface area (Å²) in [5, 5.41) is 8.81. The van der Waals surface area contributed by atoms with E-state index in [2.05, 4.69) is 0 Å². The minimum absolute atomic E-state index is 0.374. The van der Waals surface area contributed by atoms with Crippen LogP contribution >= 0.6 is 23.4 Å². The highest BCUT2D eigenvalue weighted by atomic mass is 35.5. The summed E-state index contributed by atoms with van der Waals surface area (Å²) in [4.78, 5) is 0.816. The van der Waals surface area contributed by atoms with Gasteiger partial charge in [0, 0.05) is 16.5 Å². The number of nitrogens with zero attached hydrogens (tertiary/aromatic N) is 1. The molecule has 1 atom stereocenters. The molecule has 0 bridgehead atoms. The number of hydrogen-bond acceptors (Lipinski definition) is 2. The lowest BCUT2D eigenvalue weighted by Gasteiger charge is -2.07. The predicted molar refractivity (Wildman–Crippen MR) is 61.7 cm³/mol. The number of alkyl halides is 1. The monoisotopic (exact) mass is 243 g/mol. The van der Waals surface area contributed by atoms with Crippen molar-refractivity contribution in [3.8, 4) is 6.07 Å². The summed E-state index contributed by atoms with van der Waals surface area (Å²) < 4.78 is 12.8. The number of nitriles is 1. The van der Waals surface area contributed by atoms with Crippen LogP contribution in [-0.4, -0.2) is 11.6 Å². The maximum atomic E-state index is 12.8. The van der Waals surface area contributed by atoms with E-state index in [0.717, 1.165) is 10.6 Å². The molecule has 0 amide bonds. The quantitative estimate of drug-likeness (QED) is 0.595. The van der Waals surface area contributed by atoms with Crippen molar-refractivity contribution in [2.24, 2.45) is 5.92 Å². The third-order valence-electron chi connectivity index (χ3n) is 1.85. The van der Waals surface area contributed by atoms with Crippen molar-refractivity contribution < 1.29 is 4.39 Å². The molecule has 0 aliphatic rings. The maximum Gasteiger partial charge on any atom is 0.124 e. The van der Waals surface area contributed by atoms with E-state index in [4.69, 9.17) is 16.9 Å². The van der Waals surface area contributed by atoms with Gasteiger partial charge in [-0.1, -0.05) is 6.92 Å².